The van der Waals surface area contributed by atoms with Crippen molar-refractivity contribution in [3.63, 3.8) is 0 Å². The quantitative estimate of drug-likeness (QED) is 0.676. The SMILES string of the molecule is Cc1ccc(-n2c(C)cc(/C=C3/C(=O)NC(=O)N(C)C3=O)c2C)cc1. The summed E-state index contributed by atoms with van der Waals surface area (Å²) in [6, 6.07) is 9.32. The van der Waals surface area contributed by atoms with Gasteiger partial charge in [0.15, 0.2) is 0 Å². The molecule has 1 aliphatic rings. The van der Waals surface area contributed by atoms with Crippen LogP contribution in [0.5, 0.6) is 0 Å². The summed E-state index contributed by atoms with van der Waals surface area (Å²) in [4.78, 5) is 36.6. The van der Waals surface area contributed by atoms with Crippen molar-refractivity contribution < 1.29 is 14.4 Å². The lowest BCUT2D eigenvalue weighted by Gasteiger charge is -2.22. The van der Waals surface area contributed by atoms with Gasteiger partial charge in [0.25, 0.3) is 11.8 Å². The third-order valence-corrected chi connectivity index (χ3v) is 4.37. The smallest absolute Gasteiger partial charge is 0.318 e. The monoisotopic (exact) mass is 337 g/mol. The lowest BCUT2D eigenvalue weighted by Crippen LogP contribution is -2.52. The average Bonchev–Trinajstić information content (AvgIpc) is 2.84. The summed E-state index contributed by atoms with van der Waals surface area (Å²) < 4.78 is 2.06. The van der Waals surface area contributed by atoms with E-state index in [-0.39, 0.29) is 5.57 Å². The van der Waals surface area contributed by atoms with Gasteiger partial charge in [-0.2, -0.15) is 0 Å². The van der Waals surface area contributed by atoms with Gasteiger partial charge < -0.3 is 4.57 Å². The summed E-state index contributed by atoms with van der Waals surface area (Å²) in [5.74, 6) is -1.28. The first-order valence-electron chi connectivity index (χ1n) is 7.90. The lowest BCUT2D eigenvalue weighted by atomic mass is 10.1. The number of barbiturate groups is 1. The van der Waals surface area contributed by atoms with Crippen LogP contribution in [0.15, 0.2) is 35.9 Å². The van der Waals surface area contributed by atoms with E-state index in [1.165, 1.54) is 18.7 Å². The number of likely N-dealkylation sites (N-methyl/N-ethyl adjacent to an activating group) is 1. The van der Waals surface area contributed by atoms with Gasteiger partial charge in [-0.15, -0.1) is 0 Å². The molecule has 25 heavy (non-hydrogen) atoms. The largest absolute Gasteiger partial charge is 0.331 e. The third-order valence-electron chi connectivity index (χ3n) is 4.37. The van der Waals surface area contributed by atoms with E-state index >= 15 is 0 Å². The van der Waals surface area contributed by atoms with Crippen molar-refractivity contribution in [3.05, 3.63) is 58.4 Å². The number of aryl methyl sites for hydroxylation is 2. The number of carbonyl (C=O) groups is 3. The van der Waals surface area contributed by atoms with Gasteiger partial charge >= 0.3 is 6.03 Å². The van der Waals surface area contributed by atoms with Crippen molar-refractivity contribution in [3.8, 4) is 5.69 Å². The van der Waals surface area contributed by atoms with Crippen LogP contribution >= 0.6 is 0 Å². The standard InChI is InChI=1S/C19H19N3O3/c1-11-5-7-15(8-6-11)22-12(2)9-14(13(22)3)10-16-17(23)20-19(25)21(4)18(16)24/h5-10H,1-4H3,(H,20,23,25)/b16-10-. The van der Waals surface area contributed by atoms with Crippen molar-refractivity contribution >= 4 is 23.9 Å². The van der Waals surface area contributed by atoms with Gasteiger partial charge in [-0.05, 0) is 50.6 Å². The molecule has 4 amide bonds. The number of urea groups is 1. The molecule has 3 rings (SSSR count). The number of benzene rings is 1. The molecule has 2 heterocycles. The van der Waals surface area contributed by atoms with Crippen molar-refractivity contribution in [1.82, 2.24) is 14.8 Å². The Hall–Kier alpha value is -3.15. The molecule has 1 aromatic carbocycles. The van der Waals surface area contributed by atoms with Gasteiger partial charge in [0.2, 0.25) is 0 Å². The number of imide groups is 2. The molecule has 1 aromatic heterocycles. The molecule has 0 spiro atoms. The summed E-state index contributed by atoms with van der Waals surface area (Å²) in [6.07, 6.45) is 1.54. The Morgan fingerprint density at radius 3 is 2.28 bits per heavy atom. The molecule has 0 bridgehead atoms. The second kappa shape index (κ2) is 6.05. The van der Waals surface area contributed by atoms with Crippen molar-refractivity contribution in [2.45, 2.75) is 20.8 Å². The van der Waals surface area contributed by atoms with E-state index in [1.807, 2.05) is 51.1 Å². The summed E-state index contributed by atoms with van der Waals surface area (Å²) in [7, 11) is 1.34. The lowest BCUT2D eigenvalue weighted by molar-refractivity contribution is -0.129. The summed E-state index contributed by atoms with van der Waals surface area (Å²) in [6.45, 7) is 5.92. The first kappa shape index (κ1) is 16.7. The first-order chi connectivity index (χ1) is 11.8. The fraction of sp³-hybridized carbons (Fsp3) is 0.211. The average molecular weight is 337 g/mol. The summed E-state index contributed by atoms with van der Waals surface area (Å²) in [5.41, 5.74) is 4.79. The van der Waals surface area contributed by atoms with E-state index in [1.54, 1.807) is 0 Å². The van der Waals surface area contributed by atoms with Crippen LogP contribution < -0.4 is 5.32 Å². The molecular formula is C19H19N3O3. The van der Waals surface area contributed by atoms with Gasteiger partial charge in [0.05, 0.1) is 0 Å². The van der Waals surface area contributed by atoms with E-state index in [9.17, 15) is 14.4 Å². The van der Waals surface area contributed by atoms with Crippen LogP contribution in [0.4, 0.5) is 4.79 Å². The first-order valence-corrected chi connectivity index (χ1v) is 7.90. The molecule has 0 atom stereocenters. The van der Waals surface area contributed by atoms with Crippen molar-refractivity contribution in [1.29, 1.82) is 0 Å². The number of nitrogens with zero attached hydrogens (tertiary/aromatic N) is 2. The van der Waals surface area contributed by atoms with Crippen LogP contribution in [-0.4, -0.2) is 34.4 Å². The normalized spacial score (nSPS) is 16.6. The maximum absolute atomic E-state index is 12.2. The Bertz CT molecular complexity index is 920. The minimum atomic E-state index is -0.711. The summed E-state index contributed by atoms with van der Waals surface area (Å²) >= 11 is 0. The number of nitrogens with one attached hydrogen (secondary N) is 1. The number of hydrogen-bond acceptors (Lipinski definition) is 3. The second-order valence-electron chi connectivity index (χ2n) is 6.18. The predicted molar refractivity (Wildman–Crippen MR) is 94.3 cm³/mol. The van der Waals surface area contributed by atoms with Crippen LogP contribution in [0.25, 0.3) is 11.8 Å². The zero-order chi connectivity index (χ0) is 18.3. The van der Waals surface area contributed by atoms with E-state index in [2.05, 4.69) is 9.88 Å². The van der Waals surface area contributed by atoms with Gasteiger partial charge in [-0.1, -0.05) is 17.7 Å². The minimum absolute atomic E-state index is 0.0498. The molecule has 1 saturated heterocycles. The van der Waals surface area contributed by atoms with Crippen LogP contribution in [0.2, 0.25) is 0 Å². The Labute approximate surface area is 145 Å². The molecule has 0 aliphatic carbocycles. The van der Waals surface area contributed by atoms with E-state index in [0.717, 1.165) is 27.5 Å². The predicted octanol–water partition coefficient (Wildman–Crippen LogP) is 2.49. The van der Waals surface area contributed by atoms with Crippen LogP contribution in [-0.2, 0) is 9.59 Å². The Kier molecular flexibility index (Phi) is 4.04. The zero-order valence-electron chi connectivity index (χ0n) is 14.6. The van der Waals surface area contributed by atoms with Crippen LogP contribution in [0.3, 0.4) is 0 Å². The molecule has 0 radical (unpaired) electrons. The molecule has 1 N–H and O–H groups in total. The van der Waals surface area contributed by atoms with E-state index in [4.69, 9.17) is 0 Å². The number of hydrogen-bond donors (Lipinski definition) is 1. The third kappa shape index (κ3) is 2.87. The molecule has 0 unspecified atom stereocenters. The fourth-order valence-electron chi connectivity index (χ4n) is 2.93. The minimum Gasteiger partial charge on any atom is -0.318 e. The highest BCUT2D eigenvalue weighted by atomic mass is 16.2. The molecule has 1 aliphatic heterocycles. The maximum atomic E-state index is 12.2. The van der Waals surface area contributed by atoms with Crippen molar-refractivity contribution in [2.24, 2.45) is 0 Å². The van der Waals surface area contributed by atoms with E-state index < -0.39 is 17.8 Å². The number of carbonyl (C=O) groups excluding carboxylic acids is 3. The Morgan fingerprint density at radius 1 is 1.00 bits per heavy atom. The highest BCUT2D eigenvalue weighted by Crippen LogP contribution is 2.24. The fourth-order valence-corrected chi connectivity index (χ4v) is 2.93. The van der Waals surface area contributed by atoms with Gasteiger partial charge in [-0.25, -0.2) is 4.79 Å². The zero-order valence-corrected chi connectivity index (χ0v) is 14.6. The molecule has 0 saturated carbocycles. The maximum Gasteiger partial charge on any atom is 0.331 e. The van der Waals surface area contributed by atoms with Gasteiger partial charge in [0, 0.05) is 24.1 Å². The number of amides is 4. The summed E-state index contributed by atoms with van der Waals surface area (Å²) in [5, 5.41) is 2.16. The van der Waals surface area contributed by atoms with E-state index in [0.29, 0.717) is 0 Å². The van der Waals surface area contributed by atoms with Gasteiger partial charge in [-0.3, -0.25) is 19.8 Å². The Morgan fingerprint density at radius 2 is 1.64 bits per heavy atom. The van der Waals surface area contributed by atoms with Crippen LogP contribution in [0, 0.1) is 20.8 Å². The topological polar surface area (TPSA) is 71.4 Å². The number of aromatic nitrogens is 1. The molecule has 6 nitrogen and oxygen atoms in total. The van der Waals surface area contributed by atoms with Crippen molar-refractivity contribution in [2.75, 3.05) is 7.05 Å². The Balaban J connectivity index is 2.06. The van der Waals surface area contributed by atoms with Crippen LogP contribution in [0.1, 0.15) is 22.5 Å². The molecule has 6 heteroatoms. The molecule has 2 aromatic rings. The number of rotatable bonds is 2. The molecular weight excluding hydrogens is 318 g/mol. The highest BCUT2D eigenvalue weighted by molar-refractivity contribution is 6.30. The molecule has 128 valence electrons. The molecule has 1 fully saturated rings. The highest BCUT2D eigenvalue weighted by Gasteiger charge is 2.33. The van der Waals surface area contributed by atoms with Gasteiger partial charge in [0.1, 0.15) is 5.57 Å². The second-order valence-corrected chi connectivity index (χ2v) is 6.18.